The minimum Gasteiger partial charge on any atom is -0.312 e. The molecule has 2 aromatic rings. The molecule has 0 bridgehead atoms. The number of non-ortho nitro benzene ring substituents is 1. The number of nitro groups is 1. The number of aromatic amines is 1. The predicted molar refractivity (Wildman–Crippen MR) is 60.7 cm³/mol. The van der Waals surface area contributed by atoms with Gasteiger partial charge in [-0.2, -0.15) is 0 Å². The Morgan fingerprint density at radius 2 is 2.19 bits per heavy atom. The van der Waals surface area contributed by atoms with E-state index in [9.17, 15) is 14.9 Å². The van der Waals surface area contributed by atoms with Crippen LogP contribution in [0.3, 0.4) is 0 Å². The van der Waals surface area contributed by atoms with Crippen molar-refractivity contribution in [3.05, 3.63) is 55.7 Å². The van der Waals surface area contributed by atoms with Gasteiger partial charge in [-0.3, -0.25) is 14.7 Å². The SMILES string of the molecule is O=c1[nH]ccn1-c1ccc([N+](=O)[O-])cc1Br. The Labute approximate surface area is 97.8 Å². The second-order valence-corrected chi connectivity index (χ2v) is 3.88. The summed E-state index contributed by atoms with van der Waals surface area (Å²) in [5.41, 5.74) is 0.227. The molecule has 1 aromatic carbocycles. The lowest BCUT2D eigenvalue weighted by atomic mass is 10.3. The van der Waals surface area contributed by atoms with Gasteiger partial charge in [0.2, 0.25) is 0 Å². The second kappa shape index (κ2) is 3.93. The van der Waals surface area contributed by atoms with Crippen molar-refractivity contribution in [2.45, 2.75) is 0 Å². The van der Waals surface area contributed by atoms with Gasteiger partial charge in [0.1, 0.15) is 0 Å². The summed E-state index contributed by atoms with van der Waals surface area (Å²) in [5.74, 6) is 0. The van der Waals surface area contributed by atoms with Gasteiger partial charge in [0.05, 0.1) is 10.6 Å². The first-order chi connectivity index (χ1) is 7.59. The van der Waals surface area contributed by atoms with E-state index in [0.29, 0.717) is 10.2 Å². The number of nitro benzene ring substituents is 1. The van der Waals surface area contributed by atoms with Crippen LogP contribution in [-0.4, -0.2) is 14.5 Å². The molecule has 0 aliphatic carbocycles. The standard InChI is InChI=1S/C9H6BrN3O3/c10-7-5-6(13(15)16)1-2-8(7)12-4-3-11-9(12)14/h1-5H,(H,11,14). The fraction of sp³-hybridized carbons (Fsp3) is 0. The van der Waals surface area contributed by atoms with Crippen LogP contribution in [0.4, 0.5) is 5.69 Å². The molecule has 0 aliphatic rings. The lowest BCUT2D eigenvalue weighted by molar-refractivity contribution is -0.384. The average Bonchev–Trinajstić information content (AvgIpc) is 2.64. The second-order valence-electron chi connectivity index (χ2n) is 3.03. The third kappa shape index (κ3) is 1.76. The molecule has 0 spiro atoms. The van der Waals surface area contributed by atoms with E-state index in [-0.39, 0.29) is 11.4 Å². The highest BCUT2D eigenvalue weighted by atomic mass is 79.9. The van der Waals surface area contributed by atoms with Gasteiger partial charge in [-0.1, -0.05) is 0 Å². The molecule has 1 N–H and O–H groups in total. The Bertz CT molecular complexity index is 602. The Hall–Kier alpha value is -1.89. The number of aromatic nitrogens is 2. The van der Waals surface area contributed by atoms with Crippen molar-refractivity contribution in [2.75, 3.05) is 0 Å². The third-order valence-corrected chi connectivity index (χ3v) is 2.69. The number of halogens is 1. The first kappa shape index (κ1) is 10.6. The van der Waals surface area contributed by atoms with E-state index >= 15 is 0 Å². The van der Waals surface area contributed by atoms with E-state index < -0.39 is 4.92 Å². The molecule has 82 valence electrons. The van der Waals surface area contributed by atoms with Crippen LogP contribution in [0.25, 0.3) is 5.69 Å². The topological polar surface area (TPSA) is 80.9 Å². The van der Waals surface area contributed by atoms with Crippen molar-refractivity contribution in [3.8, 4) is 5.69 Å². The van der Waals surface area contributed by atoms with Crippen LogP contribution >= 0.6 is 15.9 Å². The molecule has 1 aromatic heterocycles. The van der Waals surface area contributed by atoms with Crippen molar-refractivity contribution >= 4 is 21.6 Å². The molecule has 16 heavy (non-hydrogen) atoms. The van der Waals surface area contributed by atoms with Crippen molar-refractivity contribution in [3.63, 3.8) is 0 Å². The highest BCUT2D eigenvalue weighted by Crippen LogP contribution is 2.24. The summed E-state index contributed by atoms with van der Waals surface area (Å²) >= 11 is 3.19. The molecule has 2 rings (SSSR count). The lowest BCUT2D eigenvalue weighted by Gasteiger charge is -2.03. The normalized spacial score (nSPS) is 10.3. The van der Waals surface area contributed by atoms with Crippen LogP contribution < -0.4 is 5.69 Å². The zero-order valence-electron chi connectivity index (χ0n) is 7.88. The molecular weight excluding hydrogens is 278 g/mol. The molecule has 0 unspecified atom stereocenters. The van der Waals surface area contributed by atoms with Gasteiger partial charge in [0, 0.05) is 29.0 Å². The molecule has 6 nitrogen and oxygen atoms in total. The number of H-pyrrole nitrogens is 1. The Morgan fingerprint density at radius 3 is 2.69 bits per heavy atom. The van der Waals surface area contributed by atoms with Crippen LogP contribution in [-0.2, 0) is 0 Å². The number of hydrogen-bond acceptors (Lipinski definition) is 3. The number of nitrogens with one attached hydrogen (secondary N) is 1. The molecule has 1 heterocycles. The Balaban J connectivity index is 2.57. The fourth-order valence-electron chi connectivity index (χ4n) is 1.31. The number of imidazole rings is 1. The van der Waals surface area contributed by atoms with Crippen LogP contribution in [0.15, 0.2) is 39.9 Å². The van der Waals surface area contributed by atoms with Crippen LogP contribution in [0.2, 0.25) is 0 Å². The van der Waals surface area contributed by atoms with Crippen LogP contribution in [0, 0.1) is 10.1 Å². The smallest absolute Gasteiger partial charge is 0.312 e. The van der Waals surface area contributed by atoms with Gasteiger partial charge >= 0.3 is 5.69 Å². The maximum Gasteiger partial charge on any atom is 0.330 e. The van der Waals surface area contributed by atoms with E-state index in [1.807, 2.05) is 0 Å². The maximum atomic E-state index is 11.3. The minimum atomic E-state index is -0.492. The maximum absolute atomic E-state index is 11.3. The average molecular weight is 284 g/mol. The summed E-state index contributed by atoms with van der Waals surface area (Å²) in [5, 5.41) is 10.5. The molecular formula is C9H6BrN3O3. The lowest BCUT2D eigenvalue weighted by Crippen LogP contribution is -2.14. The predicted octanol–water partition coefficient (Wildman–Crippen LogP) is 1.84. The van der Waals surface area contributed by atoms with Crippen LogP contribution in [0.5, 0.6) is 0 Å². The number of hydrogen-bond donors (Lipinski definition) is 1. The van der Waals surface area contributed by atoms with E-state index in [2.05, 4.69) is 20.9 Å². The highest BCUT2D eigenvalue weighted by Gasteiger charge is 2.11. The van der Waals surface area contributed by atoms with Crippen LogP contribution in [0.1, 0.15) is 0 Å². The molecule has 0 atom stereocenters. The van der Waals surface area contributed by atoms with Gasteiger partial charge in [-0.25, -0.2) is 4.79 Å². The van der Waals surface area contributed by atoms with Gasteiger partial charge < -0.3 is 4.98 Å². The number of benzene rings is 1. The summed E-state index contributed by atoms with van der Waals surface area (Å²) in [7, 11) is 0. The Kier molecular flexibility index (Phi) is 2.61. The summed E-state index contributed by atoms with van der Waals surface area (Å²) in [4.78, 5) is 23.9. The van der Waals surface area contributed by atoms with Gasteiger partial charge in [-0.15, -0.1) is 0 Å². The Morgan fingerprint density at radius 1 is 1.44 bits per heavy atom. The molecule has 0 saturated heterocycles. The summed E-state index contributed by atoms with van der Waals surface area (Å²) in [6.07, 6.45) is 3.05. The summed E-state index contributed by atoms with van der Waals surface area (Å²) in [6, 6.07) is 4.21. The molecule has 0 amide bonds. The minimum absolute atomic E-state index is 0.0285. The fourth-order valence-corrected chi connectivity index (χ4v) is 1.87. The van der Waals surface area contributed by atoms with E-state index in [0.717, 1.165) is 0 Å². The molecule has 7 heteroatoms. The summed E-state index contributed by atoms with van der Waals surface area (Å²) in [6.45, 7) is 0. The zero-order chi connectivity index (χ0) is 11.7. The third-order valence-electron chi connectivity index (χ3n) is 2.05. The van der Waals surface area contributed by atoms with E-state index in [4.69, 9.17) is 0 Å². The van der Waals surface area contributed by atoms with Gasteiger partial charge in [0.25, 0.3) is 5.69 Å². The van der Waals surface area contributed by atoms with E-state index in [1.54, 1.807) is 6.20 Å². The number of rotatable bonds is 2. The largest absolute Gasteiger partial charge is 0.330 e. The molecule has 0 fully saturated rings. The number of nitrogens with zero attached hydrogens (tertiary/aromatic N) is 2. The van der Waals surface area contributed by atoms with Crippen molar-refractivity contribution in [1.82, 2.24) is 9.55 Å². The van der Waals surface area contributed by atoms with Crippen molar-refractivity contribution in [2.24, 2.45) is 0 Å². The van der Waals surface area contributed by atoms with Crippen molar-refractivity contribution < 1.29 is 4.92 Å². The summed E-state index contributed by atoms with van der Waals surface area (Å²) < 4.78 is 1.84. The molecule has 0 aliphatic heterocycles. The quantitative estimate of drug-likeness (QED) is 0.674. The van der Waals surface area contributed by atoms with Crippen molar-refractivity contribution in [1.29, 1.82) is 0 Å². The first-order valence-corrected chi connectivity index (χ1v) is 5.09. The zero-order valence-corrected chi connectivity index (χ0v) is 9.47. The molecule has 0 radical (unpaired) electrons. The molecule has 0 saturated carbocycles. The van der Waals surface area contributed by atoms with Gasteiger partial charge in [-0.05, 0) is 22.0 Å². The monoisotopic (exact) mass is 283 g/mol. The highest BCUT2D eigenvalue weighted by molar-refractivity contribution is 9.10. The van der Waals surface area contributed by atoms with E-state index in [1.165, 1.54) is 29.0 Å². The van der Waals surface area contributed by atoms with Gasteiger partial charge in [0.15, 0.2) is 0 Å². The first-order valence-electron chi connectivity index (χ1n) is 4.30.